The molecular weight excluding hydrogens is 150 g/mol. The quantitative estimate of drug-likeness (QED) is 0.592. The summed E-state index contributed by atoms with van der Waals surface area (Å²) in [6.07, 6.45) is 1.92. The van der Waals surface area contributed by atoms with Gasteiger partial charge >= 0.3 is 0 Å². The van der Waals surface area contributed by atoms with Crippen molar-refractivity contribution in [1.82, 2.24) is 4.72 Å². The van der Waals surface area contributed by atoms with E-state index in [1.165, 1.54) is 6.08 Å². The van der Waals surface area contributed by atoms with Crippen molar-refractivity contribution in [2.75, 3.05) is 12.3 Å². The van der Waals surface area contributed by atoms with Gasteiger partial charge in [-0.1, -0.05) is 13.0 Å². The van der Waals surface area contributed by atoms with Gasteiger partial charge in [0, 0.05) is 6.54 Å². The molecule has 0 heterocycles. The third-order valence-electron chi connectivity index (χ3n) is 0.836. The minimum absolute atomic E-state index is 0.0208. The maximum Gasteiger partial charge on any atom is 0.215 e. The first-order valence-electron chi connectivity index (χ1n) is 3.00. The van der Waals surface area contributed by atoms with E-state index in [1.54, 1.807) is 0 Å². The summed E-state index contributed by atoms with van der Waals surface area (Å²) in [5.74, 6) is -0.0208. The topological polar surface area (TPSA) is 46.2 Å². The van der Waals surface area contributed by atoms with Crippen molar-refractivity contribution in [3.05, 3.63) is 19.6 Å². The molecule has 0 aromatic carbocycles. The van der Waals surface area contributed by atoms with Gasteiger partial charge in [-0.05, 0) is 6.42 Å². The number of sulfonamides is 1. The lowest BCUT2D eigenvalue weighted by molar-refractivity contribution is 0.585. The highest BCUT2D eigenvalue weighted by Crippen LogP contribution is 1.83. The van der Waals surface area contributed by atoms with Crippen molar-refractivity contribution in [2.24, 2.45) is 0 Å². The second-order valence-electron chi connectivity index (χ2n) is 1.82. The number of nitrogens with one attached hydrogen (secondary N) is 1. The fourth-order valence-corrected chi connectivity index (χ4v) is 1.33. The summed E-state index contributed by atoms with van der Waals surface area (Å²) < 4.78 is 23.9. The van der Waals surface area contributed by atoms with Gasteiger partial charge in [-0.25, -0.2) is 13.1 Å². The van der Waals surface area contributed by atoms with E-state index in [0.29, 0.717) is 13.0 Å². The Morgan fingerprint density at radius 1 is 1.50 bits per heavy atom. The smallest absolute Gasteiger partial charge is 0.215 e. The highest BCUT2D eigenvalue weighted by Gasteiger charge is 2.03. The van der Waals surface area contributed by atoms with Crippen LogP contribution in [-0.2, 0) is 10.0 Å². The molecule has 0 rings (SSSR count). The van der Waals surface area contributed by atoms with Crippen molar-refractivity contribution in [3.63, 3.8) is 0 Å². The van der Waals surface area contributed by atoms with Gasteiger partial charge in [-0.3, -0.25) is 0 Å². The molecule has 3 nitrogen and oxygen atoms in total. The highest BCUT2D eigenvalue weighted by atomic mass is 32.2. The minimum atomic E-state index is -3.10. The number of rotatable bonds is 5. The van der Waals surface area contributed by atoms with Crippen molar-refractivity contribution >= 4 is 10.0 Å². The standard InChI is InChI=1S/C6H12NO2S/c1-3-5-7-10(8,9)6-4-2/h4,7H,1-3,5-6H2. The maximum absolute atomic E-state index is 10.8. The van der Waals surface area contributed by atoms with E-state index < -0.39 is 10.0 Å². The first-order chi connectivity index (χ1) is 4.62. The third kappa shape index (κ3) is 4.52. The van der Waals surface area contributed by atoms with Gasteiger partial charge in [0.1, 0.15) is 0 Å². The fraction of sp³-hybridized carbons (Fsp3) is 0.500. The lowest BCUT2D eigenvalue weighted by Crippen LogP contribution is -2.26. The van der Waals surface area contributed by atoms with Crippen LogP contribution in [0.15, 0.2) is 12.7 Å². The molecule has 10 heavy (non-hydrogen) atoms. The molecule has 0 bridgehead atoms. The summed E-state index contributed by atoms with van der Waals surface area (Å²) >= 11 is 0. The van der Waals surface area contributed by atoms with E-state index >= 15 is 0 Å². The van der Waals surface area contributed by atoms with Crippen LogP contribution >= 0.6 is 0 Å². The highest BCUT2D eigenvalue weighted by molar-refractivity contribution is 7.89. The Morgan fingerprint density at radius 2 is 2.10 bits per heavy atom. The molecule has 0 fully saturated rings. The molecular formula is C6H12NO2S. The zero-order valence-corrected chi connectivity index (χ0v) is 6.65. The Labute approximate surface area is 62.2 Å². The number of hydrogen-bond donors (Lipinski definition) is 1. The summed E-state index contributed by atoms with van der Waals surface area (Å²) in [5.41, 5.74) is 0. The van der Waals surface area contributed by atoms with Gasteiger partial charge in [0.15, 0.2) is 0 Å². The van der Waals surface area contributed by atoms with E-state index in [2.05, 4.69) is 18.2 Å². The van der Waals surface area contributed by atoms with Gasteiger partial charge in [0.25, 0.3) is 0 Å². The van der Waals surface area contributed by atoms with E-state index in [4.69, 9.17) is 0 Å². The molecule has 0 unspecified atom stereocenters. The molecule has 0 saturated carbocycles. The lowest BCUT2D eigenvalue weighted by Gasteiger charge is -2.00. The fourth-order valence-electron chi connectivity index (χ4n) is 0.442. The minimum Gasteiger partial charge on any atom is -0.215 e. The molecule has 0 aliphatic carbocycles. The molecule has 0 aromatic heterocycles. The molecule has 0 aliphatic heterocycles. The molecule has 0 amide bonds. The SMILES string of the molecule is [CH2]CCNS(=O)(=O)CC=C. The summed E-state index contributed by atoms with van der Waals surface area (Å²) in [6, 6.07) is 0. The predicted molar refractivity (Wildman–Crippen MR) is 42.0 cm³/mol. The molecule has 0 spiro atoms. The summed E-state index contributed by atoms with van der Waals surface area (Å²) in [5, 5.41) is 0. The van der Waals surface area contributed by atoms with E-state index in [1.807, 2.05) is 0 Å². The van der Waals surface area contributed by atoms with Crippen LogP contribution in [-0.4, -0.2) is 20.7 Å². The summed E-state index contributed by atoms with van der Waals surface area (Å²) in [4.78, 5) is 0. The van der Waals surface area contributed by atoms with Crippen molar-refractivity contribution < 1.29 is 8.42 Å². The van der Waals surface area contributed by atoms with Crippen LogP contribution in [0.2, 0.25) is 0 Å². The zero-order chi connectivity index (χ0) is 8.04. The van der Waals surface area contributed by atoms with Crippen LogP contribution in [0.25, 0.3) is 0 Å². The van der Waals surface area contributed by atoms with E-state index in [0.717, 1.165) is 0 Å². The monoisotopic (exact) mass is 162 g/mol. The zero-order valence-electron chi connectivity index (χ0n) is 5.84. The Hall–Kier alpha value is -0.350. The van der Waals surface area contributed by atoms with Gasteiger partial charge in [0.2, 0.25) is 10.0 Å². The van der Waals surface area contributed by atoms with Gasteiger partial charge in [0.05, 0.1) is 5.75 Å². The average Bonchev–Trinajstić information content (AvgIpc) is 1.84. The second-order valence-corrected chi connectivity index (χ2v) is 3.67. The van der Waals surface area contributed by atoms with Gasteiger partial charge < -0.3 is 0 Å². The molecule has 0 atom stereocenters. The Balaban J connectivity index is 3.76. The first kappa shape index (κ1) is 9.65. The Kier molecular flexibility index (Phi) is 4.31. The average molecular weight is 162 g/mol. The largest absolute Gasteiger partial charge is 0.215 e. The summed E-state index contributed by atoms with van der Waals surface area (Å²) in [6.45, 7) is 7.21. The van der Waals surface area contributed by atoms with E-state index in [-0.39, 0.29) is 5.75 Å². The van der Waals surface area contributed by atoms with Crippen LogP contribution in [0.4, 0.5) is 0 Å². The van der Waals surface area contributed by atoms with Crippen molar-refractivity contribution in [3.8, 4) is 0 Å². The third-order valence-corrected chi connectivity index (χ3v) is 2.15. The Bertz CT molecular complexity index is 184. The second kappa shape index (κ2) is 4.46. The number of hydrogen-bond acceptors (Lipinski definition) is 2. The predicted octanol–water partition coefficient (Wildman–Crippen LogP) is 0.316. The molecule has 4 heteroatoms. The van der Waals surface area contributed by atoms with Gasteiger partial charge in [-0.15, -0.1) is 6.58 Å². The van der Waals surface area contributed by atoms with Crippen molar-refractivity contribution in [2.45, 2.75) is 6.42 Å². The first-order valence-corrected chi connectivity index (χ1v) is 4.65. The van der Waals surface area contributed by atoms with Gasteiger partial charge in [-0.2, -0.15) is 0 Å². The van der Waals surface area contributed by atoms with Crippen molar-refractivity contribution in [1.29, 1.82) is 0 Å². The van der Waals surface area contributed by atoms with Crippen LogP contribution < -0.4 is 4.72 Å². The normalized spacial score (nSPS) is 11.3. The maximum atomic E-state index is 10.8. The van der Waals surface area contributed by atoms with E-state index in [9.17, 15) is 8.42 Å². The summed E-state index contributed by atoms with van der Waals surface area (Å²) in [7, 11) is -3.10. The molecule has 0 aromatic rings. The van der Waals surface area contributed by atoms with Crippen LogP contribution in [0.3, 0.4) is 0 Å². The molecule has 1 N–H and O–H groups in total. The van der Waals surface area contributed by atoms with Crippen LogP contribution in [0, 0.1) is 6.92 Å². The molecule has 59 valence electrons. The Morgan fingerprint density at radius 3 is 2.50 bits per heavy atom. The van der Waals surface area contributed by atoms with Crippen LogP contribution in [0.1, 0.15) is 6.42 Å². The lowest BCUT2D eigenvalue weighted by atomic mass is 10.5. The van der Waals surface area contributed by atoms with Crippen LogP contribution in [0.5, 0.6) is 0 Å². The molecule has 0 saturated heterocycles. The molecule has 1 radical (unpaired) electrons. The molecule has 0 aliphatic rings.